The lowest BCUT2D eigenvalue weighted by atomic mass is 10.00. The van der Waals surface area contributed by atoms with Gasteiger partial charge in [0.2, 0.25) is 5.91 Å². The van der Waals surface area contributed by atoms with Gasteiger partial charge in [-0.05, 0) is 43.5 Å². The standard InChI is InChI=1S/C16H23ClN2O2/c17-14-5-3-4-13(10-14)11-18-16(21)12-19-8-2-1-6-15(19)7-9-20/h3-5,10,15,20H,1-2,6-9,11-12H2,(H,18,21). The van der Waals surface area contributed by atoms with Gasteiger partial charge in [-0.2, -0.15) is 0 Å². The van der Waals surface area contributed by atoms with Gasteiger partial charge in [0.05, 0.1) is 6.54 Å². The number of aliphatic hydroxyl groups excluding tert-OH is 1. The third-order valence-corrected chi connectivity index (χ3v) is 4.17. The summed E-state index contributed by atoms with van der Waals surface area (Å²) >= 11 is 5.93. The maximum absolute atomic E-state index is 12.1. The summed E-state index contributed by atoms with van der Waals surface area (Å²) in [6, 6.07) is 7.84. The molecule has 21 heavy (non-hydrogen) atoms. The van der Waals surface area contributed by atoms with Gasteiger partial charge < -0.3 is 10.4 Å². The highest BCUT2D eigenvalue weighted by atomic mass is 35.5. The zero-order valence-electron chi connectivity index (χ0n) is 12.2. The van der Waals surface area contributed by atoms with Gasteiger partial charge in [0, 0.05) is 24.2 Å². The SMILES string of the molecule is O=C(CN1CCCCC1CCO)NCc1cccc(Cl)c1. The number of aliphatic hydroxyl groups is 1. The van der Waals surface area contributed by atoms with Crippen molar-refractivity contribution in [2.24, 2.45) is 0 Å². The summed E-state index contributed by atoms with van der Waals surface area (Å²) in [6.07, 6.45) is 4.14. The van der Waals surface area contributed by atoms with Crippen molar-refractivity contribution < 1.29 is 9.90 Å². The monoisotopic (exact) mass is 310 g/mol. The van der Waals surface area contributed by atoms with Gasteiger partial charge in [-0.25, -0.2) is 0 Å². The molecule has 1 saturated heterocycles. The maximum Gasteiger partial charge on any atom is 0.234 e. The van der Waals surface area contributed by atoms with Crippen molar-refractivity contribution in [2.45, 2.75) is 38.3 Å². The molecular weight excluding hydrogens is 288 g/mol. The lowest BCUT2D eigenvalue weighted by Gasteiger charge is -2.34. The molecule has 0 aliphatic carbocycles. The molecule has 1 fully saturated rings. The van der Waals surface area contributed by atoms with Crippen LogP contribution in [0.25, 0.3) is 0 Å². The zero-order valence-corrected chi connectivity index (χ0v) is 13.0. The molecular formula is C16H23ClN2O2. The van der Waals surface area contributed by atoms with Crippen molar-refractivity contribution >= 4 is 17.5 Å². The topological polar surface area (TPSA) is 52.6 Å². The van der Waals surface area contributed by atoms with Crippen molar-refractivity contribution in [3.63, 3.8) is 0 Å². The van der Waals surface area contributed by atoms with E-state index in [1.165, 1.54) is 6.42 Å². The Bertz CT molecular complexity index is 465. The van der Waals surface area contributed by atoms with Crippen LogP contribution in [0.5, 0.6) is 0 Å². The fraction of sp³-hybridized carbons (Fsp3) is 0.562. The van der Waals surface area contributed by atoms with E-state index in [0.29, 0.717) is 24.2 Å². The van der Waals surface area contributed by atoms with E-state index in [1.54, 1.807) is 0 Å². The van der Waals surface area contributed by atoms with Crippen LogP contribution in [0.15, 0.2) is 24.3 Å². The van der Waals surface area contributed by atoms with Crippen LogP contribution in [0, 0.1) is 0 Å². The number of piperidine rings is 1. The van der Waals surface area contributed by atoms with Crippen LogP contribution in [0.2, 0.25) is 5.02 Å². The first-order valence-electron chi connectivity index (χ1n) is 7.55. The van der Waals surface area contributed by atoms with Crippen LogP contribution in [-0.4, -0.2) is 41.7 Å². The highest BCUT2D eigenvalue weighted by Gasteiger charge is 2.23. The molecule has 116 valence electrons. The molecule has 0 bridgehead atoms. The molecule has 1 unspecified atom stereocenters. The molecule has 2 rings (SSSR count). The molecule has 1 aromatic rings. The first kappa shape index (κ1) is 16.3. The van der Waals surface area contributed by atoms with Crippen LogP contribution < -0.4 is 5.32 Å². The molecule has 1 aliphatic rings. The first-order valence-corrected chi connectivity index (χ1v) is 7.93. The van der Waals surface area contributed by atoms with Gasteiger partial charge in [0.25, 0.3) is 0 Å². The van der Waals surface area contributed by atoms with E-state index >= 15 is 0 Å². The second-order valence-electron chi connectivity index (χ2n) is 5.54. The fourth-order valence-corrected chi connectivity index (χ4v) is 3.04. The number of carbonyl (C=O) groups is 1. The molecule has 1 aliphatic heterocycles. The third-order valence-electron chi connectivity index (χ3n) is 3.94. The highest BCUT2D eigenvalue weighted by molar-refractivity contribution is 6.30. The molecule has 1 amide bonds. The quantitative estimate of drug-likeness (QED) is 0.847. The molecule has 1 heterocycles. The second kappa shape index (κ2) is 8.37. The van der Waals surface area contributed by atoms with Crippen LogP contribution >= 0.6 is 11.6 Å². The summed E-state index contributed by atoms with van der Waals surface area (Å²) in [6.45, 7) is 2.03. The normalized spacial score (nSPS) is 19.4. The number of rotatable bonds is 6. The van der Waals surface area contributed by atoms with Crippen molar-refractivity contribution in [1.82, 2.24) is 10.2 Å². The van der Waals surface area contributed by atoms with Crippen LogP contribution in [0.1, 0.15) is 31.2 Å². The first-order chi connectivity index (χ1) is 10.2. The fourth-order valence-electron chi connectivity index (χ4n) is 2.83. The number of amides is 1. The number of halogens is 1. The number of nitrogens with one attached hydrogen (secondary N) is 1. The van der Waals surface area contributed by atoms with E-state index in [9.17, 15) is 4.79 Å². The number of likely N-dealkylation sites (tertiary alicyclic amines) is 1. The number of hydrogen-bond acceptors (Lipinski definition) is 3. The largest absolute Gasteiger partial charge is 0.396 e. The molecule has 1 atom stereocenters. The predicted octanol–water partition coefficient (Wildman–Crippen LogP) is 2.19. The molecule has 2 N–H and O–H groups in total. The van der Waals surface area contributed by atoms with Crippen LogP contribution in [-0.2, 0) is 11.3 Å². The van der Waals surface area contributed by atoms with Crippen LogP contribution in [0.4, 0.5) is 0 Å². The lowest BCUT2D eigenvalue weighted by molar-refractivity contribution is -0.123. The molecule has 1 aromatic carbocycles. The molecule has 0 spiro atoms. The Morgan fingerprint density at radius 3 is 3.05 bits per heavy atom. The van der Waals surface area contributed by atoms with Gasteiger partial charge in [0.1, 0.15) is 0 Å². The molecule has 0 saturated carbocycles. The number of carbonyl (C=O) groups excluding carboxylic acids is 1. The Hall–Kier alpha value is -1.10. The molecule has 4 nitrogen and oxygen atoms in total. The van der Waals surface area contributed by atoms with Crippen molar-refractivity contribution in [3.8, 4) is 0 Å². The minimum atomic E-state index is 0.0276. The highest BCUT2D eigenvalue weighted by Crippen LogP contribution is 2.19. The zero-order chi connectivity index (χ0) is 15.1. The number of hydrogen-bond donors (Lipinski definition) is 2. The second-order valence-corrected chi connectivity index (χ2v) is 5.98. The number of benzene rings is 1. The number of nitrogens with zero attached hydrogens (tertiary/aromatic N) is 1. The summed E-state index contributed by atoms with van der Waals surface area (Å²) in [4.78, 5) is 14.3. The van der Waals surface area contributed by atoms with Crippen molar-refractivity contribution in [3.05, 3.63) is 34.9 Å². The van der Waals surface area contributed by atoms with Crippen molar-refractivity contribution in [2.75, 3.05) is 19.7 Å². The smallest absolute Gasteiger partial charge is 0.234 e. The van der Waals surface area contributed by atoms with E-state index in [0.717, 1.165) is 31.4 Å². The van der Waals surface area contributed by atoms with Gasteiger partial charge in [0.15, 0.2) is 0 Å². The minimum absolute atomic E-state index is 0.0276. The molecule has 0 radical (unpaired) electrons. The average molecular weight is 311 g/mol. The maximum atomic E-state index is 12.1. The third kappa shape index (κ3) is 5.30. The summed E-state index contributed by atoms with van der Waals surface area (Å²) in [7, 11) is 0. The summed E-state index contributed by atoms with van der Waals surface area (Å²) < 4.78 is 0. The molecule has 0 aromatic heterocycles. The Labute approximate surface area is 131 Å². The van der Waals surface area contributed by atoms with E-state index in [4.69, 9.17) is 16.7 Å². The lowest BCUT2D eigenvalue weighted by Crippen LogP contribution is -2.45. The Kier molecular flexibility index (Phi) is 6.49. The van der Waals surface area contributed by atoms with Gasteiger partial charge >= 0.3 is 0 Å². The Morgan fingerprint density at radius 2 is 2.29 bits per heavy atom. The van der Waals surface area contributed by atoms with E-state index in [-0.39, 0.29) is 12.5 Å². The molecule has 5 heteroatoms. The van der Waals surface area contributed by atoms with E-state index in [1.807, 2.05) is 24.3 Å². The predicted molar refractivity (Wildman–Crippen MR) is 84.2 cm³/mol. The van der Waals surface area contributed by atoms with Gasteiger partial charge in [-0.1, -0.05) is 30.2 Å². The summed E-state index contributed by atoms with van der Waals surface area (Å²) in [5.74, 6) is 0.0276. The van der Waals surface area contributed by atoms with Crippen molar-refractivity contribution in [1.29, 1.82) is 0 Å². The summed E-state index contributed by atoms with van der Waals surface area (Å²) in [5, 5.41) is 12.7. The Morgan fingerprint density at radius 1 is 1.43 bits per heavy atom. The van der Waals surface area contributed by atoms with Gasteiger partial charge in [-0.15, -0.1) is 0 Å². The van der Waals surface area contributed by atoms with E-state index in [2.05, 4.69) is 10.2 Å². The van der Waals surface area contributed by atoms with E-state index < -0.39 is 0 Å². The Balaban J connectivity index is 1.80. The van der Waals surface area contributed by atoms with Gasteiger partial charge in [-0.3, -0.25) is 9.69 Å². The minimum Gasteiger partial charge on any atom is -0.396 e. The average Bonchev–Trinajstić information content (AvgIpc) is 2.48. The van der Waals surface area contributed by atoms with Crippen LogP contribution in [0.3, 0.4) is 0 Å². The summed E-state index contributed by atoms with van der Waals surface area (Å²) in [5.41, 5.74) is 1.00.